The number of nitrogens with zero attached hydrogens (tertiary/aromatic N) is 2. The number of carbonyl (C=O) groups excluding carboxylic acids is 2. The lowest BCUT2D eigenvalue weighted by Gasteiger charge is -2.23. The molecule has 2 aromatic carbocycles. The summed E-state index contributed by atoms with van der Waals surface area (Å²) < 4.78 is 19.8. The van der Waals surface area contributed by atoms with Crippen LogP contribution in [0.5, 0.6) is 0 Å². The normalized spacial score (nSPS) is 12.4. The van der Waals surface area contributed by atoms with Gasteiger partial charge in [0.25, 0.3) is 11.8 Å². The number of hydrogen-bond donors (Lipinski definition) is 1. The minimum absolute atomic E-state index is 0.171. The number of furan rings is 1. The Labute approximate surface area is 235 Å². The number of anilines is 2. The molecule has 6 nitrogen and oxygen atoms in total. The van der Waals surface area contributed by atoms with Crippen LogP contribution in [0.25, 0.3) is 10.4 Å². The first kappa shape index (κ1) is 25.7. The Bertz CT molecular complexity index is 1690. The van der Waals surface area contributed by atoms with E-state index in [1.807, 2.05) is 54.6 Å². The Kier molecular flexibility index (Phi) is 7.00. The van der Waals surface area contributed by atoms with E-state index in [4.69, 9.17) is 4.42 Å². The van der Waals surface area contributed by atoms with E-state index in [2.05, 4.69) is 10.3 Å². The summed E-state index contributed by atoms with van der Waals surface area (Å²) in [6.45, 7) is 2.19. The largest absolute Gasteiger partial charge is 0.469 e. The third-order valence-corrected chi connectivity index (χ3v) is 8.23. The fraction of sp³-hybridized carbons (Fsp3) is 0.156. The molecule has 0 saturated heterocycles. The molecule has 5 aromatic rings. The molecule has 8 heteroatoms. The quantitative estimate of drug-likeness (QED) is 0.244. The van der Waals surface area contributed by atoms with Crippen LogP contribution in [0.1, 0.15) is 42.7 Å². The number of aromatic nitrogens is 1. The van der Waals surface area contributed by atoms with Gasteiger partial charge in [-0.3, -0.25) is 9.59 Å². The van der Waals surface area contributed by atoms with Crippen LogP contribution in [-0.4, -0.2) is 23.3 Å². The minimum Gasteiger partial charge on any atom is -0.469 e. The molecule has 1 N–H and O–H groups in total. The molecule has 0 spiro atoms. The van der Waals surface area contributed by atoms with E-state index in [0.717, 1.165) is 33.1 Å². The molecule has 0 aliphatic carbocycles. The summed E-state index contributed by atoms with van der Waals surface area (Å²) >= 11 is 1.35. The molecule has 200 valence electrons. The molecule has 0 bridgehead atoms. The van der Waals surface area contributed by atoms with Gasteiger partial charge in [0.2, 0.25) is 0 Å². The average Bonchev–Trinajstić information content (AvgIpc) is 3.62. The number of rotatable bonds is 6. The van der Waals surface area contributed by atoms with Crippen LogP contribution >= 0.6 is 11.3 Å². The van der Waals surface area contributed by atoms with Crippen molar-refractivity contribution in [3.63, 3.8) is 0 Å². The maximum Gasteiger partial charge on any atom is 0.276 e. The lowest BCUT2D eigenvalue weighted by Crippen LogP contribution is -2.33. The van der Waals surface area contributed by atoms with Crippen LogP contribution in [0.4, 0.5) is 15.8 Å². The summed E-state index contributed by atoms with van der Waals surface area (Å²) in [5, 5.41) is 2.73. The predicted molar refractivity (Wildman–Crippen MR) is 155 cm³/mol. The molecule has 4 heterocycles. The van der Waals surface area contributed by atoms with Crippen molar-refractivity contribution in [3.8, 4) is 10.4 Å². The Morgan fingerprint density at radius 3 is 2.70 bits per heavy atom. The molecular weight excluding hydrogens is 525 g/mol. The molecule has 0 unspecified atom stereocenters. The molecule has 40 heavy (non-hydrogen) atoms. The molecular formula is C32H26FN3O3S. The monoisotopic (exact) mass is 551 g/mol. The number of thiophene rings is 1. The molecule has 3 aromatic heterocycles. The molecule has 1 aliphatic rings. The molecule has 2 amide bonds. The number of carbonyl (C=O) groups is 2. The summed E-state index contributed by atoms with van der Waals surface area (Å²) in [6, 6.07) is 23.6. The van der Waals surface area contributed by atoms with Crippen LogP contribution in [0, 0.1) is 12.7 Å². The highest BCUT2D eigenvalue weighted by atomic mass is 32.1. The van der Waals surface area contributed by atoms with Crippen LogP contribution in [0.3, 0.4) is 0 Å². The zero-order valence-corrected chi connectivity index (χ0v) is 22.6. The maximum atomic E-state index is 14.3. The Balaban J connectivity index is 1.26. The number of pyridine rings is 1. The van der Waals surface area contributed by atoms with Gasteiger partial charge in [-0.2, -0.15) is 0 Å². The first-order valence-corrected chi connectivity index (χ1v) is 13.9. The molecule has 6 rings (SSSR count). The number of nitrogens with one attached hydrogen (secondary N) is 1. The molecule has 0 saturated carbocycles. The first-order valence-electron chi connectivity index (χ1n) is 13.1. The second-order valence-corrected chi connectivity index (χ2v) is 10.7. The van der Waals surface area contributed by atoms with Crippen LogP contribution < -0.4 is 10.2 Å². The molecule has 0 fully saturated rings. The van der Waals surface area contributed by atoms with Gasteiger partial charge >= 0.3 is 0 Å². The summed E-state index contributed by atoms with van der Waals surface area (Å²) in [6.07, 6.45) is 3.59. The van der Waals surface area contributed by atoms with Crippen molar-refractivity contribution < 1.29 is 18.4 Å². The summed E-state index contributed by atoms with van der Waals surface area (Å²) in [5.74, 6) is -0.115. The van der Waals surface area contributed by atoms with Crippen molar-refractivity contribution in [3.05, 3.63) is 124 Å². The van der Waals surface area contributed by atoms with Crippen molar-refractivity contribution in [1.29, 1.82) is 0 Å². The van der Waals surface area contributed by atoms with Gasteiger partial charge in [-0.25, -0.2) is 9.37 Å². The van der Waals surface area contributed by atoms with E-state index >= 15 is 0 Å². The van der Waals surface area contributed by atoms with Gasteiger partial charge in [-0.1, -0.05) is 36.4 Å². The maximum absolute atomic E-state index is 14.3. The van der Waals surface area contributed by atoms with Crippen molar-refractivity contribution in [2.24, 2.45) is 0 Å². The fourth-order valence-electron chi connectivity index (χ4n) is 4.97. The van der Waals surface area contributed by atoms with Gasteiger partial charge in [0.15, 0.2) is 0 Å². The second-order valence-electron chi connectivity index (χ2n) is 9.67. The van der Waals surface area contributed by atoms with Gasteiger partial charge in [-0.15, -0.1) is 11.3 Å². The van der Waals surface area contributed by atoms with Crippen LogP contribution in [-0.2, 0) is 19.3 Å². The van der Waals surface area contributed by atoms with Crippen molar-refractivity contribution in [2.45, 2.75) is 26.2 Å². The summed E-state index contributed by atoms with van der Waals surface area (Å²) in [4.78, 5) is 34.7. The van der Waals surface area contributed by atoms with E-state index in [-0.39, 0.29) is 17.5 Å². The standard InChI is InChI=1S/C32H26FN3O3S/c1-20-7-4-11-25(33)29(20)35-31(37)28-19-21-16-17-36(27-13-3-2-10-24(27)30(21)40-28)32(38)26-12-5-8-22(34-26)14-15-23-9-6-18-39-23/h2-13,18-19H,14-17H2,1H3,(H,35,37). The highest BCUT2D eigenvalue weighted by Gasteiger charge is 2.28. The van der Waals surface area contributed by atoms with E-state index < -0.39 is 5.82 Å². The molecule has 1 aliphatic heterocycles. The smallest absolute Gasteiger partial charge is 0.276 e. The Morgan fingerprint density at radius 2 is 1.88 bits per heavy atom. The number of halogens is 1. The van der Waals surface area contributed by atoms with Crippen LogP contribution in [0.15, 0.2) is 89.5 Å². The summed E-state index contributed by atoms with van der Waals surface area (Å²) in [7, 11) is 0. The molecule has 0 radical (unpaired) electrons. The van der Waals surface area contributed by atoms with Gasteiger partial charge in [-0.05, 0) is 73.4 Å². The third-order valence-electron chi connectivity index (χ3n) is 7.02. The molecule has 0 atom stereocenters. The zero-order valence-electron chi connectivity index (χ0n) is 21.8. The number of para-hydroxylation sites is 2. The SMILES string of the molecule is Cc1cccc(F)c1NC(=O)c1cc2c(s1)-c1ccccc1N(C(=O)c1cccc(CCc3ccco3)n1)CC2. The second kappa shape index (κ2) is 10.9. The Morgan fingerprint density at radius 1 is 1.02 bits per heavy atom. The topological polar surface area (TPSA) is 75.4 Å². The Hall–Kier alpha value is -4.56. The average molecular weight is 552 g/mol. The van der Waals surface area contributed by atoms with Crippen molar-refractivity contribution in [2.75, 3.05) is 16.8 Å². The number of amides is 2. The number of fused-ring (bicyclic) bond motifs is 3. The number of aryl methyl sites for hydroxylation is 3. The summed E-state index contributed by atoms with van der Waals surface area (Å²) in [5.41, 5.74) is 4.68. The fourth-order valence-corrected chi connectivity index (χ4v) is 6.11. The van der Waals surface area contributed by atoms with Crippen LogP contribution in [0.2, 0.25) is 0 Å². The number of benzene rings is 2. The van der Waals surface area contributed by atoms with Crippen molar-refractivity contribution in [1.82, 2.24) is 4.98 Å². The highest BCUT2D eigenvalue weighted by molar-refractivity contribution is 7.17. The zero-order chi connectivity index (χ0) is 27.6. The lowest BCUT2D eigenvalue weighted by molar-refractivity contribution is 0.0981. The minimum atomic E-state index is -0.468. The predicted octanol–water partition coefficient (Wildman–Crippen LogP) is 7.09. The number of hydrogen-bond acceptors (Lipinski definition) is 5. The van der Waals surface area contributed by atoms with E-state index in [1.165, 1.54) is 17.4 Å². The van der Waals surface area contributed by atoms with Gasteiger partial charge in [0.1, 0.15) is 17.3 Å². The van der Waals surface area contributed by atoms with Gasteiger partial charge in [0.05, 0.1) is 22.5 Å². The van der Waals surface area contributed by atoms with Gasteiger partial charge < -0.3 is 14.6 Å². The van der Waals surface area contributed by atoms with Gasteiger partial charge in [0, 0.05) is 29.1 Å². The van der Waals surface area contributed by atoms with Crippen molar-refractivity contribution >= 4 is 34.5 Å². The van der Waals surface area contributed by atoms with E-state index in [0.29, 0.717) is 41.9 Å². The van der Waals surface area contributed by atoms with E-state index in [1.54, 1.807) is 36.3 Å². The van der Waals surface area contributed by atoms with E-state index in [9.17, 15) is 14.0 Å². The lowest BCUT2D eigenvalue weighted by atomic mass is 10.1. The third kappa shape index (κ3) is 5.05. The first-order chi connectivity index (χ1) is 19.5. The highest BCUT2D eigenvalue weighted by Crippen LogP contribution is 2.42.